The average Bonchev–Trinajstić information content (AvgIpc) is 3.20. The van der Waals surface area contributed by atoms with Gasteiger partial charge in [0, 0.05) is 13.2 Å². The first-order valence-electron chi connectivity index (χ1n) is 7.35. The lowest BCUT2D eigenvalue weighted by atomic mass is 9.79. The van der Waals surface area contributed by atoms with E-state index in [0.29, 0.717) is 24.3 Å². The molecule has 2 aliphatic carbocycles. The SMILES string of the molecule is NC(CC1CC1)C(=O)NCC1CCCCC1CO. The van der Waals surface area contributed by atoms with Crippen molar-refractivity contribution in [2.75, 3.05) is 13.2 Å². The maximum Gasteiger partial charge on any atom is 0.236 e. The van der Waals surface area contributed by atoms with Crippen molar-refractivity contribution in [1.29, 1.82) is 0 Å². The van der Waals surface area contributed by atoms with Crippen LogP contribution in [-0.2, 0) is 4.79 Å². The van der Waals surface area contributed by atoms with Gasteiger partial charge < -0.3 is 16.2 Å². The van der Waals surface area contributed by atoms with Crippen LogP contribution < -0.4 is 11.1 Å². The van der Waals surface area contributed by atoms with Crippen molar-refractivity contribution in [2.45, 2.75) is 51.0 Å². The molecule has 1 amide bonds. The third-order valence-electron chi connectivity index (χ3n) is 4.46. The van der Waals surface area contributed by atoms with Gasteiger partial charge in [0.1, 0.15) is 0 Å². The van der Waals surface area contributed by atoms with Crippen LogP contribution in [0.2, 0.25) is 0 Å². The van der Waals surface area contributed by atoms with E-state index in [1.54, 1.807) is 0 Å². The average molecular weight is 254 g/mol. The van der Waals surface area contributed by atoms with Gasteiger partial charge in [0.2, 0.25) is 5.91 Å². The van der Waals surface area contributed by atoms with E-state index in [2.05, 4.69) is 5.32 Å². The van der Waals surface area contributed by atoms with Gasteiger partial charge in [0.25, 0.3) is 0 Å². The van der Waals surface area contributed by atoms with Crippen molar-refractivity contribution < 1.29 is 9.90 Å². The largest absolute Gasteiger partial charge is 0.396 e. The van der Waals surface area contributed by atoms with Crippen LogP contribution in [0.25, 0.3) is 0 Å². The minimum absolute atomic E-state index is 0.0100. The molecule has 0 radical (unpaired) electrons. The Morgan fingerprint density at radius 3 is 2.50 bits per heavy atom. The summed E-state index contributed by atoms with van der Waals surface area (Å²) in [5.74, 6) is 1.47. The van der Waals surface area contributed by atoms with Gasteiger partial charge in [0.15, 0.2) is 0 Å². The lowest BCUT2D eigenvalue weighted by Crippen LogP contribution is -2.44. The molecule has 0 spiro atoms. The van der Waals surface area contributed by atoms with Gasteiger partial charge in [-0.1, -0.05) is 25.7 Å². The Bertz CT molecular complexity index is 279. The van der Waals surface area contributed by atoms with Crippen molar-refractivity contribution in [1.82, 2.24) is 5.32 Å². The fourth-order valence-corrected chi connectivity index (χ4v) is 2.98. The van der Waals surface area contributed by atoms with E-state index in [1.165, 1.54) is 25.7 Å². The van der Waals surface area contributed by atoms with Crippen molar-refractivity contribution in [3.63, 3.8) is 0 Å². The van der Waals surface area contributed by atoms with Crippen molar-refractivity contribution in [3.8, 4) is 0 Å². The van der Waals surface area contributed by atoms with Crippen LogP contribution in [0.4, 0.5) is 0 Å². The Hall–Kier alpha value is -0.610. The highest BCUT2D eigenvalue weighted by Crippen LogP contribution is 2.33. The Morgan fingerprint density at radius 1 is 1.22 bits per heavy atom. The standard InChI is InChI=1S/C14H26N2O2/c15-13(7-10-5-6-10)14(18)16-8-11-3-1-2-4-12(11)9-17/h10-13,17H,1-9,15H2,(H,16,18). The number of hydrogen-bond donors (Lipinski definition) is 3. The molecule has 4 nitrogen and oxygen atoms in total. The zero-order valence-electron chi connectivity index (χ0n) is 11.1. The molecule has 2 fully saturated rings. The molecule has 2 rings (SSSR count). The van der Waals surface area contributed by atoms with Crippen LogP contribution >= 0.6 is 0 Å². The topological polar surface area (TPSA) is 75.4 Å². The molecule has 4 N–H and O–H groups in total. The molecule has 0 bridgehead atoms. The number of aliphatic hydroxyl groups is 1. The second-order valence-corrected chi connectivity index (χ2v) is 6.02. The summed E-state index contributed by atoms with van der Waals surface area (Å²) in [4.78, 5) is 11.8. The molecule has 2 saturated carbocycles. The van der Waals surface area contributed by atoms with Gasteiger partial charge in [-0.25, -0.2) is 0 Å². The highest BCUT2D eigenvalue weighted by atomic mass is 16.3. The number of carbonyl (C=O) groups is 1. The predicted molar refractivity (Wildman–Crippen MR) is 70.9 cm³/mol. The second kappa shape index (κ2) is 6.53. The van der Waals surface area contributed by atoms with Crippen molar-refractivity contribution >= 4 is 5.91 Å². The van der Waals surface area contributed by atoms with Crippen LogP contribution in [0.3, 0.4) is 0 Å². The Kier molecular flexibility index (Phi) is 5.01. The van der Waals surface area contributed by atoms with Crippen LogP contribution in [0, 0.1) is 17.8 Å². The molecule has 0 aliphatic heterocycles. The van der Waals surface area contributed by atoms with E-state index in [0.717, 1.165) is 19.3 Å². The highest BCUT2D eigenvalue weighted by Gasteiger charge is 2.28. The summed E-state index contributed by atoms with van der Waals surface area (Å²) in [7, 11) is 0. The summed E-state index contributed by atoms with van der Waals surface area (Å²) < 4.78 is 0. The van der Waals surface area contributed by atoms with Gasteiger partial charge in [-0.15, -0.1) is 0 Å². The van der Waals surface area contributed by atoms with Crippen molar-refractivity contribution in [2.24, 2.45) is 23.5 Å². The number of aliphatic hydroxyl groups excluding tert-OH is 1. The predicted octanol–water partition coefficient (Wildman–Crippen LogP) is 1.03. The molecule has 0 aromatic heterocycles. The minimum atomic E-state index is -0.339. The molecule has 0 aromatic carbocycles. The van der Waals surface area contributed by atoms with Crippen LogP contribution in [0.15, 0.2) is 0 Å². The van der Waals surface area contributed by atoms with E-state index in [4.69, 9.17) is 5.73 Å². The maximum atomic E-state index is 11.8. The van der Waals surface area contributed by atoms with E-state index in [9.17, 15) is 9.90 Å². The van der Waals surface area contributed by atoms with Crippen LogP contribution in [0.1, 0.15) is 44.9 Å². The van der Waals surface area contributed by atoms with Gasteiger partial charge >= 0.3 is 0 Å². The zero-order valence-corrected chi connectivity index (χ0v) is 11.1. The van der Waals surface area contributed by atoms with E-state index in [-0.39, 0.29) is 18.6 Å². The fraction of sp³-hybridized carbons (Fsp3) is 0.929. The zero-order chi connectivity index (χ0) is 13.0. The van der Waals surface area contributed by atoms with Gasteiger partial charge in [-0.2, -0.15) is 0 Å². The summed E-state index contributed by atoms with van der Waals surface area (Å²) in [6.07, 6.45) is 7.92. The first-order chi connectivity index (χ1) is 8.70. The Balaban J connectivity index is 1.69. The van der Waals surface area contributed by atoms with Crippen LogP contribution in [0.5, 0.6) is 0 Å². The molecule has 0 heterocycles. The number of rotatable bonds is 6. The van der Waals surface area contributed by atoms with Gasteiger partial charge in [-0.05, 0) is 37.0 Å². The van der Waals surface area contributed by atoms with Gasteiger partial charge in [-0.3, -0.25) is 4.79 Å². The van der Waals surface area contributed by atoms with E-state index >= 15 is 0 Å². The van der Waals surface area contributed by atoms with Crippen molar-refractivity contribution in [3.05, 3.63) is 0 Å². The first-order valence-corrected chi connectivity index (χ1v) is 7.35. The molecule has 3 atom stereocenters. The summed E-state index contributed by atoms with van der Waals surface area (Å²) >= 11 is 0. The summed E-state index contributed by atoms with van der Waals surface area (Å²) in [5, 5.41) is 12.3. The molecule has 2 aliphatic rings. The summed E-state index contributed by atoms with van der Waals surface area (Å²) in [5.41, 5.74) is 5.88. The number of hydrogen-bond acceptors (Lipinski definition) is 3. The normalized spacial score (nSPS) is 29.9. The highest BCUT2D eigenvalue weighted by molar-refractivity contribution is 5.81. The molecule has 3 unspecified atom stereocenters. The monoisotopic (exact) mass is 254 g/mol. The minimum Gasteiger partial charge on any atom is -0.396 e. The number of carbonyl (C=O) groups excluding carboxylic acids is 1. The summed E-state index contributed by atoms with van der Waals surface area (Å²) in [6, 6.07) is -0.339. The first kappa shape index (κ1) is 13.8. The Labute approximate surface area is 109 Å². The molecular formula is C14H26N2O2. The fourth-order valence-electron chi connectivity index (χ4n) is 2.98. The quantitative estimate of drug-likeness (QED) is 0.662. The Morgan fingerprint density at radius 2 is 1.89 bits per heavy atom. The third-order valence-corrected chi connectivity index (χ3v) is 4.46. The smallest absolute Gasteiger partial charge is 0.236 e. The lowest BCUT2D eigenvalue weighted by molar-refractivity contribution is -0.123. The molecule has 104 valence electrons. The molecule has 18 heavy (non-hydrogen) atoms. The van der Waals surface area contributed by atoms with Crippen LogP contribution in [-0.4, -0.2) is 30.2 Å². The molecular weight excluding hydrogens is 228 g/mol. The number of nitrogens with two attached hydrogens (primary N) is 1. The number of amides is 1. The molecule has 4 heteroatoms. The maximum absolute atomic E-state index is 11.8. The van der Waals surface area contributed by atoms with E-state index in [1.807, 2.05) is 0 Å². The summed E-state index contributed by atoms with van der Waals surface area (Å²) in [6.45, 7) is 0.928. The molecule has 0 saturated heterocycles. The molecule has 0 aromatic rings. The lowest BCUT2D eigenvalue weighted by Gasteiger charge is -2.30. The number of nitrogens with one attached hydrogen (secondary N) is 1. The second-order valence-electron chi connectivity index (χ2n) is 6.02. The third kappa shape index (κ3) is 3.95. The van der Waals surface area contributed by atoms with Gasteiger partial charge in [0.05, 0.1) is 6.04 Å². The van der Waals surface area contributed by atoms with E-state index < -0.39 is 0 Å².